The molecule has 1 fully saturated rings. The van der Waals surface area contributed by atoms with Gasteiger partial charge in [-0.05, 0) is 36.8 Å². The van der Waals surface area contributed by atoms with E-state index in [4.69, 9.17) is 4.99 Å². The van der Waals surface area contributed by atoms with Gasteiger partial charge in [-0.1, -0.05) is 66.4 Å². The number of carbonyl (C=O) groups is 2. The summed E-state index contributed by atoms with van der Waals surface area (Å²) in [5, 5.41) is 5.32. The fraction of sp³-hybridized carbons (Fsp3) is 0.207. The smallest absolute Gasteiger partial charge is 0.242 e. The first kappa shape index (κ1) is 23.9. The van der Waals surface area contributed by atoms with Crippen LogP contribution in [-0.2, 0) is 22.7 Å². The maximum absolute atomic E-state index is 13.1. The maximum atomic E-state index is 13.1. The molecule has 1 aromatic heterocycles. The number of hydrogen-bond acceptors (Lipinski definition) is 4. The number of carbonyl (C=O) groups excluding carboxylic acids is 2. The molecule has 0 saturated carbocycles. The summed E-state index contributed by atoms with van der Waals surface area (Å²) in [6.07, 6.45) is 1.79. The molecule has 2 heterocycles. The molecule has 1 aliphatic heterocycles. The molecule has 1 N–H and O–H groups in total. The van der Waals surface area contributed by atoms with E-state index >= 15 is 0 Å². The highest BCUT2D eigenvalue weighted by Gasteiger charge is 2.38. The van der Waals surface area contributed by atoms with Crippen molar-refractivity contribution in [3.05, 3.63) is 91.0 Å². The number of amides is 2. The number of aliphatic imine (C=N–C) groups is 1. The van der Waals surface area contributed by atoms with Crippen LogP contribution in [-0.4, -0.2) is 38.2 Å². The van der Waals surface area contributed by atoms with Crippen LogP contribution in [0.2, 0.25) is 0 Å². The Hall–Kier alpha value is -3.84. The van der Waals surface area contributed by atoms with Crippen LogP contribution in [0.3, 0.4) is 0 Å². The van der Waals surface area contributed by atoms with Crippen LogP contribution < -0.4 is 5.32 Å². The zero-order valence-corrected chi connectivity index (χ0v) is 21.0. The van der Waals surface area contributed by atoms with Crippen molar-refractivity contribution in [3.8, 4) is 0 Å². The predicted molar refractivity (Wildman–Crippen MR) is 148 cm³/mol. The Labute approximate surface area is 214 Å². The van der Waals surface area contributed by atoms with Gasteiger partial charge in [-0.2, -0.15) is 0 Å². The summed E-state index contributed by atoms with van der Waals surface area (Å²) in [5.41, 5.74) is 4.15. The molecule has 0 radical (unpaired) electrons. The van der Waals surface area contributed by atoms with E-state index in [1.54, 1.807) is 11.0 Å². The topological polar surface area (TPSA) is 66.7 Å². The SMILES string of the molecule is C=CCN1C(=O)[C@H](CC(=O)NCc2ccccc2)SC1=Nc1ccc2c(c1)c1ccccc1n2CC. The molecule has 0 aliphatic carbocycles. The summed E-state index contributed by atoms with van der Waals surface area (Å²) in [5.74, 6) is -0.268. The van der Waals surface area contributed by atoms with Crippen molar-refractivity contribution in [2.75, 3.05) is 6.54 Å². The summed E-state index contributed by atoms with van der Waals surface area (Å²) in [7, 11) is 0. The van der Waals surface area contributed by atoms with Crippen molar-refractivity contribution in [2.24, 2.45) is 4.99 Å². The lowest BCUT2D eigenvalue weighted by Crippen LogP contribution is -2.34. The number of amidine groups is 1. The minimum absolute atomic E-state index is 0.103. The van der Waals surface area contributed by atoms with Gasteiger partial charge in [0.15, 0.2) is 5.17 Å². The van der Waals surface area contributed by atoms with Crippen LogP contribution in [0.25, 0.3) is 21.8 Å². The molecule has 0 unspecified atom stereocenters. The van der Waals surface area contributed by atoms with Crippen molar-refractivity contribution in [2.45, 2.75) is 31.7 Å². The molecule has 1 atom stereocenters. The van der Waals surface area contributed by atoms with Gasteiger partial charge < -0.3 is 9.88 Å². The minimum Gasteiger partial charge on any atom is -0.352 e. The number of aryl methyl sites for hydroxylation is 1. The molecule has 1 saturated heterocycles. The molecular weight excluding hydrogens is 468 g/mol. The van der Waals surface area contributed by atoms with Gasteiger partial charge >= 0.3 is 0 Å². The maximum Gasteiger partial charge on any atom is 0.242 e. The molecule has 36 heavy (non-hydrogen) atoms. The van der Waals surface area contributed by atoms with E-state index < -0.39 is 5.25 Å². The second kappa shape index (κ2) is 10.4. The Kier molecular flexibility index (Phi) is 6.91. The third-order valence-electron chi connectivity index (χ3n) is 6.33. The number of aromatic nitrogens is 1. The number of nitrogens with one attached hydrogen (secondary N) is 1. The van der Waals surface area contributed by atoms with Crippen molar-refractivity contribution in [1.82, 2.24) is 14.8 Å². The lowest BCUT2D eigenvalue weighted by atomic mass is 10.1. The summed E-state index contributed by atoms with van der Waals surface area (Å²) in [6.45, 7) is 7.61. The number of hydrogen-bond donors (Lipinski definition) is 1. The van der Waals surface area contributed by atoms with Crippen LogP contribution in [0, 0.1) is 0 Å². The van der Waals surface area contributed by atoms with Gasteiger partial charge in [0.05, 0.1) is 5.69 Å². The molecule has 182 valence electrons. The van der Waals surface area contributed by atoms with Gasteiger partial charge in [0.1, 0.15) is 5.25 Å². The first-order valence-corrected chi connectivity index (χ1v) is 13.0. The lowest BCUT2D eigenvalue weighted by molar-refractivity contribution is -0.129. The molecule has 5 rings (SSSR count). The normalized spacial score (nSPS) is 16.8. The molecule has 0 spiro atoms. The minimum atomic E-state index is -0.509. The monoisotopic (exact) mass is 496 g/mol. The van der Waals surface area contributed by atoms with E-state index in [1.165, 1.54) is 22.7 Å². The van der Waals surface area contributed by atoms with Crippen LogP contribution in [0.15, 0.2) is 90.4 Å². The van der Waals surface area contributed by atoms with Gasteiger partial charge in [0, 0.05) is 47.9 Å². The predicted octanol–water partition coefficient (Wildman–Crippen LogP) is 5.64. The van der Waals surface area contributed by atoms with Gasteiger partial charge in [-0.3, -0.25) is 14.5 Å². The molecule has 1 aliphatic rings. The summed E-state index contributed by atoms with van der Waals surface area (Å²) in [4.78, 5) is 32.2. The molecular formula is C29H28N4O2S. The number of nitrogens with zero attached hydrogens (tertiary/aromatic N) is 3. The van der Waals surface area contributed by atoms with Crippen molar-refractivity contribution in [1.29, 1.82) is 0 Å². The van der Waals surface area contributed by atoms with Crippen LogP contribution in [0.4, 0.5) is 5.69 Å². The van der Waals surface area contributed by atoms with Gasteiger partial charge in [-0.25, -0.2) is 4.99 Å². The van der Waals surface area contributed by atoms with Gasteiger partial charge in [0.25, 0.3) is 0 Å². The fourth-order valence-electron chi connectivity index (χ4n) is 4.62. The second-order valence-corrected chi connectivity index (χ2v) is 9.84. The van der Waals surface area contributed by atoms with Crippen LogP contribution in [0.5, 0.6) is 0 Å². The number of para-hydroxylation sites is 1. The number of thioether (sulfide) groups is 1. The molecule has 6 nitrogen and oxygen atoms in total. The number of benzene rings is 3. The van der Waals surface area contributed by atoms with Gasteiger partial charge in [0.2, 0.25) is 11.8 Å². The second-order valence-electron chi connectivity index (χ2n) is 8.67. The average Bonchev–Trinajstić information content (AvgIpc) is 3.37. The molecule has 3 aromatic carbocycles. The number of rotatable bonds is 8. The number of fused-ring (bicyclic) bond motifs is 3. The third kappa shape index (κ3) is 4.66. The van der Waals surface area contributed by atoms with E-state index in [9.17, 15) is 9.59 Å². The zero-order chi connectivity index (χ0) is 25.1. The van der Waals surface area contributed by atoms with E-state index in [-0.39, 0.29) is 18.2 Å². The van der Waals surface area contributed by atoms with Gasteiger partial charge in [-0.15, -0.1) is 6.58 Å². The average molecular weight is 497 g/mol. The summed E-state index contributed by atoms with van der Waals surface area (Å²) in [6, 6.07) is 24.2. The van der Waals surface area contributed by atoms with E-state index in [2.05, 4.69) is 53.7 Å². The summed E-state index contributed by atoms with van der Waals surface area (Å²) < 4.78 is 2.30. The van der Waals surface area contributed by atoms with Crippen molar-refractivity contribution >= 4 is 56.2 Å². The summed E-state index contributed by atoms with van der Waals surface area (Å²) >= 11 is 1.34. The molecule has 4 aromatic rings. The Bertz CT molecular complexity index is 1470. The Balaban J connectivity index is 1.38. The van der Waals surface area contributed by atoms with Crippen LogP contribution in [0.1, 0.15) is 18.9 Å². The Morgan fingerprint density at radius 1 is 1.06 bits per heavy atom. The highest BCUT2D eigenvalue weighted by molar-refractivity contribution is 8.15. The largest absolute Gasteiger partial charge is 0.352 e. The van der Waals surface area contributed by atoms with E-state index in [0.29, 0.717) is 18.3 Å². The third-order valence-corrected chi connectivity index (χ3v) is 7.51. The highest BCUT2D eigenvalue weighted by Crippen LogP contribution is 2.35. The van der Waals surface area contributed by atoms with Crippen molar-refractivity contribution < 1.29 is 9.59 Å². The first-order valence-electron chi connectivity index (χ1n) is 12.1. The first-order chi connectivity index (χ1) is 17.6. The highest BCUT2D eigenvalue weighted by atomic mass is 32.2. The lowest BCUT2D eigenvalue weighted by Gasteiger charge is -2.14. The molecule has 0 bridgehead atoms. The molecule has 7 heteroatoms. The van der Waals surface area contributed by atoms with E-state index in [0.717, 1.165) is 28.7 Å². The van der Waals surface area contributed by atoms with E-state index in [1.807, 2.05) is 42.5 Å². The molecule has 2 amide bonds. The standard InChI is InChI=1S/C29H28N4O2S/c1-3-16-33-28(35)26(18-27(34)30-19-20-10-6-5-7-11-20)36-29(33)31-21-14-15-25-23(17-21)22-12-8-9-13-24(22)32(25)4-2/h3,5-15,17,26H,1,4,16,18-19H2,2H3,(H,30,34)/t26-/m0/s1. The quantitative estimate of drug-likeness (QED) is 0.321. The Morgan fingerprint density at radius 2 is 1.81 bits per heavy atom. The van der Waals surface area contributed by atoms with Crippen molar-refractivity contribution in [3.63, 3.8) is 0 Å². The fourth-order valence-corrected chi connectivity index (χ4v) is 5.79. The zero-order valence-electron chi connectivity index (χ0n) is 20.2. The van der Waals surface area contributed by atoms with Crippen LogP contribution >= 0.6 is 11.8 Å². The Morgan fingerprint density at radius 3 is 2.58 bits per heavy atom.